The summed E-state index contributed by atoms with van der Waals surface area (Å²) in [4.78, 5) is 24.2. The van der Waals surface area contributed by atoms with E-state index >= 15 is 0 Å². The second-order valence-electron chi connectivity index (χ2n) is 6.35. The van der Waals surface area contributed by atoms with Gasteiger partial charge in [-0.25, -0.2) is 9.59 Å². The van der Waals surface area contributed by atoms with E-state index in [4.69, 9.17) is 13.9 Å². The number of aryl methyl sites for hydroxylation is 1. The number of hydrogen-bond acceptors (Lipinski definition) is 5. The number of fused-ring (bicyclic) bond motifs is 3. The summed E-state index contributed by atoms with van der Waals surface area (Å²) in [7, 11) is 0. The van der Waals surface area contributed by atoms with Crippen LogP contribution in [0.25, 0.3) is 21.7 Å². The third-order valence-electron chi connectivity index (χ3n) is 4.51. The van der Waals surface area contributed by atoms with Crippen LogP contribution in [0.4, 0.5) is 0 Å². The molecule has 3 aromatic carbocycles. The van der Waals surface area contributed by atoms with E-state index in [1.807, 2.05) is 36.4 Å². The van der Waals surface area contributed by atoms with E-state index in [1.54, 1.807) is 24.3 Å². The van der Waals surface area contributed by atoms with Crippen molar-refractivity contribution in [2.45, 2.75) is 13.3 Å². The molecule has 4 rings (SSSR count). The Hall–Kier alpha value is -3.60. The van der Waals surface area contributed by atoms with E-state index in [1.165, 1.54) is 11.6 Å². The first-order chi connectivity index (χ1) is 13.6. The predicted octanol–water partition coefficient (Wildman–Crippen LogP) is 4.49. The van der Waals surface area contributed by atoms with E-state index in [0.717, 1.165) is 17.2 Å². The van der Waals surface area contributed by atoms with E-state index in [-0.39, 0.29) is 6.61 Å². The quantitative estimate of drug-likeness (QED) is 0.223. The van der Waals surface area contributed by atoms with Crippen LogP contribution in [-0.4, -0.2) is 12.6 Å². The van der Waals surface area contributed by atoms with E-state index < -0.39 is 11.6 Å². The molecule has 5 heteroatoms. The van der Waals surface area contributed by atoms with Gasteiger partial charge < -0.3 is 13.9 Å². The molecule has 0 spiro atoms. The van der Waals surface area contributed by atoms with Crippen molar-refractivity contribution in [2.24, 2.45) is 0 Å². The summed E-state index contributed by atoms with van der Waals surface area (Å²) in [5.74, 6) is 0.355. The van der Waals surface area contributed by atoms with Crippen LogP contribution in [-0.2, 0) is 11.2 Å². The van der Waals surface area contributed by atoms with Gasteiger partial charge in [0.1, 0.15) is 17.1 Å². The highest BCUT2D eigenvalue weighted by atomic mass is 16.6. The van der Waals surface area contributed by atoms with E-state index in [2.05, 4.69) is 6.92 Å². The minimum atomic E-state index is -0.540. The second kappa shape index (κ2) is 7.56. The largest absolute Gasteiger partial charge is 0.482 e. The summed E-state index contributed by atoms with van der Waals surface area (Å²) in [6.45, 7) is 1.85. The zero-order valence-electron chi connectivity index (χ0n) is 15.3. The predicted molar refractivity (Wildman–Crippen MR) is 107 cm³/mol. The van der Waals surface area contributed by atoms with Crippen LogP contribution in [0.5, 0.6) is 11.5 Å². The first kappa shape index (κ1) is 17.8. The summed E-state index contributed by atoms with van der Waals surface area (Å²) >= 11 is 0. The maximum atomic E-state index is 12.1. The summed E-state index contributed by atoms with van der Waals surface area (Å²) in [6, 6.07) is 19.8. The average molecular weight is 374 g/mol. The Morgan fingerprint density at radius 3 is 2.36 bits per heavy atom. The van der Waals surface area contributed by atoms with Gasteiger partial charge in [0.2, 0.25) is 0 Å². The van der Waals surface area contributed by atoms with Crippen LogP contribution in [0.3, 0.4) is 0 Å². The van der Waals surface area contributed by atoms with Gasteiger partial charge in [-0.3, -0.25) is 0 Å². The van der Waals surface area contributed by atoms with Crippen molar-refractivity contribution in [2.75, 3.05) is 6.61 Å². The fourth-order valence-electron chi connectivity index (χ4n) is 3.05. The topological polar surface area (TPSA) is 65.7 Å². The normalized spacial score (nSPS) is 10.9. The van der Waals surface area contributed by atoms with Crippen molar-refractivity contribution >= 4 is 27.7 Å². The van der Waals surface area contributed by atoms with Gasteiger partial charge in [-0.05, 0) is 47.7 Å². The molecular weight excluding hydrogens is 356 g/mol. The third-order valence-corrected chi connectivity index (χ3v) is 4.51. The molecule has 28 heavy (non-hydrogen) atoms. The van der Waals surface area contributed by atoms with Crippen molar-refractivity contribution in [3.05, 3.63) is 82.7 Å². The van der Waals surface area contributed by atoms with Gasteiger partial charge in [0.15, 0.2) is 6.61 Å². The molecule has 0 saturated heterocycles. The Morgan fingerprint density at radius 1 is 0.893 bits per heavy atom. The molecule has 0 N–H and O–H groups in total. The Bertz CT molecular complexity index is 1210. The first-order valence-electron chi connectivity index (χ1n) is 9.02. The van der Waals surface area contributed by atoms with Crippen molar-refractivity contribution < 1.29 is 18.7 Å². The smallest absolute Gasteiger partial charge is 0.349 e. The maximum Gasteiger partial charge on any atom is 0.349 e. The summed E-state index contributed by atoms with van der Waals surface area (Å²) in [6.07, 6.45) is 0.940. The second-order valence-corrected chi connectivity index (χ2v) is 6.35. The highest BCUT2D eigenvalue weighted by Crippen LogP contribution is 2.26. The van der Waals surface area contributed by atoms with Crippen LogP contribution < -0.4 is 15.1 Å². The zero-order valence-corrected chi connectivity index (χ0v) is 15.3. The zero-order chi connectivity index (χ0) is 19.5. The van der Waals surface area contributed by atoms with Crippen molar-refractivity contribution in [1.29, 1.82) is 0 Å². The maximum absolute atomic E-state index is 12.1. The summed E-state index contributed by atoms with van der Waals surface area (Å²) in [5.41, 5.74) is 1.13. The third kappa shape index (κ3) is 3.60. The molecular formula is C23H18O5. The van der Waals surface area contributed by atoms with Crippen LogP contribution in [0.2, 0.25) is 0 Å². The number of rotatable bonds is 5. The van der Waals surface area contributed by atoms with Gasteiger partial charge in [-0.1, -0.05) is 37.3 Å². The fraction of sp³-hybridized carbons (Fsp3) is 0.130. The van der Waals surface area contributed by atoms with Crippen molar-refractivity contribution in [3.8, 4) is 11.5 Å². The van der Waals surface area contributed by atoms with Gasteiger partial charge >= 0.3 is 11.6 Å². The highest BCUT2D eigenvalue weighted by Gasteiger charge is 2.11. The molecule has 1 aromatic heterocycles. The molecule has 140 valence electrons. The Kier molecular flexibility index (Phi) is 4.81. The minimum Gasteiger partial charge on any atom is -0.482 e. The molecule has 0 aliphatic heterocycles. The average Bonchev–Trinajstić information content (AvgIpc) is 2.73. The van der Waals surface area contributed by atoms with Crippen LogP contribution in [0.1, 0.15) is 12.5 Å². The van der Waals surface area contributed by atoms with Gasteiger partial charge in [0.05, 0.1) is 5.39 Å². The molecule has 0 fully saturated rings. The standard InChI is InChI=1S/C23H18O5/c1-2-15-7-9-16(10-8-15)26-14-22(24)27-17-11-12-19-18-5-3-4-6-20(18)23(25)28-21(19)13-17/h3-13H,2,14H2,1H3. The van der Waals surface area contributed by atoms with Crippen molar-refractivity contribution in [3.63, 3.8) is 0 Å². The number of esters is 1. The number of benzene rings is 3. The Balaban J connectivity index is 1.50. The molecule has 4 aromatic rings. The van der Waals surface area contributed by atoms with Crippen molar-refractivity contribution in [1.82, 2.24) is 0 Å². The molecule has 1 heterocycles. The number of hydrogen-bond donors (Lipinski definition) is 0. The van der Waals surface area contributed by atoms with Gasteiger partial charge in [0, 0.05) is 11.5 Å². The molecule has 0 unspecified atom stereocenters. The van der Waals surface area contributed by atoms with Crippen LogP contribution in [0.15, 0.2) is 75.9 Å². The van der Waals surface area contributed by atoms with Gasteiger partial charge in [0.25, 0.3) is 0 Å². The molecule has 0 bridgehead atoms. The first-order valence-corrected chi connectivity index (χ1v) is 9.02. The number of ether oxygens (including phenoxy) is 2. The Morgan fingerprint density at radius 2 is 1.61 bits per heavy atom. The monoisotopic (exact) mass is 374 g/mol. The van der Waals surface area contributed by atoms with Gasteiger partial charge in [-0.15, -0.1) is 0 Å². The minimum absolute atomic E-state index is 0.217. The van der Waals surface area contributed by atoms with Crippen LogP contribution in [0, 0.1) is 0 Å². The lowest BCUT2D eigenvalue weighted by molar-refractivity contribution is -0.136. The molecule has 5 nitrogen and oxygen atoms in total. The number of carbonyl (C=O) groups is 1. The lowest BCUT2D eigenvalue weighted by atomic mass is 10.1. The van der Waals surface area contributed by atoms with E-state index in [9.17, 15) is 9.59 Å². The molecule has 0 aliphatic rings. The SMILES string of the molecule is CCc1ccc(OCC(=O)Oc2ccc3c(c2)oc(=O)c2ccccc23)cc1. The number of carbonyl (C=O) groups excluding carboxylic acids is 1. The summed E-state index contributed by atoms with van der Waals surface area (Å²) in [5, 5.41) is 2.09. The van der Waals surface area contributed by atoms with E-state index in [0.29, 0.717) is 22.5 Å². The lowest BCUT2D eigenvalue weighted by Gasteiger charge is -2.08. The molecule has 0 atom stereocenters. The summed E-state index contributed by atoms with van der Waals surface area (Å²) < 4.78 is 16.1. The Labute approximate surface area is 161 Å². The molecule has 0 saturated carbocycles. The van der Waals surface area contributed by atoms with Crippen LogP contribution >= 0.6 is 0 Å². The van der Waals surface area contributed by atoms with Gasteiger partial charge in [-0.2, -0.15) is 0 Å². The highest BCUT2D eigenvalue weighted by molar-refractivity contribution is 6.04. The molecule has 0 amide bonds. The fourth-order valence-corrected chi connectivity index (χ4v) is 3.05. The molecule has 0 radical (unpaired) electrons. The molecule has 0 aliphatic carbocycles. The lowest BCUT2D eigenvalue weighted by Crippen LogP contribution is -2.17.